The van der Waals surface area contributed by atoms with Gasteiger partial charge in [-0.25, -0.2) is 0 Å². The van der Waals surface area contributed by atoms with E-state index < -0.39 is 0 Å². The highest BCUT2D eigenvalue weighted by Gasteiger charge is 2.12. The topological polar surface area (TPSA) is 34.1 Å². The molecule has 0 aliphatic rings. The smallest absolute Gasteiger partial charge is 0.178 e. The van der Waals surface area contributed by atoms with Gasteiger partial charge in [-0.05, 0) is 47.2 Å². The zero-order valence-electron chi connectivity index (χ0n) is 7.51. The molecule has 74 valence electrons. The molecule has 14 heavy (non-hydrogen) atoms. The third-order valence-corrected chi connectivity index (χ3v) is 3.24. The van der Waals surface area contributed by atoms with Gasteiger partial charge in [-0.1, -0.05) is 0 Å². The molecule has 0 bridgehead atoms. The van der Waals surface area contributed by atoms with Crippen molar-refractivity contribution in [3.05, 3.63) is 32.4 Å². The SMILES string of the molecule is Cc1cc(C=O)c(I)c(C(=O)CCl)c1. The lowest BCUT2D eigenvalue weighted by atomic mass is 10.0. The van der Waals surface area contributed by atoms with Crippen LogP contribution in [0.1, 0.15) is 26.3 Å². The van der Waals surface area contributed by atoms with Crippen LogP contribution in [0, 0.1) is 10.5 Å². The number of carbonyl (C=O) groups is 2. The average Bonchev–Trinajstić information content (AvgIpc) is 2.19. The Kier molecular flexibility index (Phi) is 4.07. The van der Waals surface area contributed by atoms with Gasteiger partial charge < -0.3 is 0 Å². The lowest BCUT2D eigenvalue weighted by Crippen LogP contribution is -2.06. The van der Waals surface area contributed by atoms with Crippen molar-refractivity contribution in [1.29, 1.82) is 0 Å². The quantitative estimate of drug-likeness (QED) is 0.371. The fourth-order valence-electron chi connectivity index (χ4n) is 1.16. The summed E-state index contributed by atoms with van der Waals surface area (Å²) in [6.45, 7) is 1.84. The van der Waals surface area contributed by atoms with E-state index in [0.29, 0.717) is 14.7 Å². The molecule has 1 rings (SSSR count). The number of alkyl halides is 1. The van der Waals surface area contributed by atoms with E-state index in [4.69, 9.17) is 11.6 Å². The lowest BCUT2D eigenvalue weighted by Gasteiger charge is -2.05. The molecule has 1 aromatic rings. The molecule has 0 saturated carbocycles. The molecule has 0 atom stereocenters. The van der Waals surface area contributed by atoms with Crippen LogP contribution in [0.4, 0.5) is 0 Å². The Balaban J connectivity index is 3.36. The summed E-state index contributed by atoms with van der Waals surface area (Å²) in [6.07, 6.45) is 0.750. The first-order valence-electron chi connectivity index (χ1n) is 3.94. The van der Waals surface area contributed by atoms with Crippen LogP contribution < -0.4 is 0 Å². The summed E-state index contributed by atoms with van der Waals surface area (Å²) in [6, 6.07) is 3.50. The van der Waals surface area contributed by atoms with E-state index in [9.17, 15) is 9.59 Å². The highest BCUT2D eigenvalue weighted by atomic mass is 127. The zero-order valence-corrected chi connectivity index (χ0v) is 10.4. The second-order valence-electron chi connectivity index (χ2n) is 2.89. The first-order valence-corrected chi connectivity index (χ1v) is 5.56. The van der Waals surface area contributed by atoms with E-state index in [0.717, 1.165) is 11.8 Å². The number of carbonyl (C=O) groups excluding carboxylic acids is 2. The van der Waals surface area contributed by atoms with Crippen LogP contribution >= 0.6 is 34.2 Å². The van der Waals surface area contributed by atoms with Crippen molar-refractivity contribution >= 4 is 46.3 Å². The fourth-order valence-corrected chi connectivity index (χ4v) is 2.04. The molecule has 0 aliphatic carbocycles. The number of halogens is 2. The highest BCUT2D eigenvalue weighted by molar-refractivity contribution is 14.1. The Labute approximate surface area is 101 Å². The maximum atomic E-state index is 11.4. The van der Waals surface area contributed by atoms with Crippen LogP contribution in [0.5, 0.6) is 0 Å². The highest BCUT2D eigenvalue weighted by Crippen LogP contribution is 2.19. The third-order valence-electron chi connectivity index (χ3n) is 1.79. The van der Waals surface area contributed by atoms with Crippen molar-refractivity contribution in [2.75, 3.05) is 5.88 Å². The van der Waals surface area contributed by atoms with E-state index in [-0.39, 0.29) is 11.7 Å². The average molecular weight is 323 g/mol. The summed E-state index contributed by atoms with van der Waals surface area (Å²) in [5.41, 5.74) is 1.96. The summed E-state index contributed by atoms with van der Waals surface area (Å²) in [7, 11) is 0. The van der Waals surface area contributed by atoms with E-state index >= 15 is 0 Å². The third kappa shape index (κ3) is 2.33. The Bertz CT molecular complexity index is 388. The van der Waals surface area contributed by atoms with Crippen molar-refractivity contribution in [2.24, 2.45) is 0 Å². The number of ketones is 1. The maximum absolute atomic E-state index is 11.4. The minimum atomic E-state index is -0.150. The van der Waals surface area contributed by atoms with Crippen LogP contribution in [-0.2, 0) is 0 Å². The molecule has 0 spiro atoms. The first kappa shape index (κ1) is 11.7. The van der Waals surface area contributed by atoms with Crippen LogP contribution in [0.2, 0.25) is 0 Å². The first-order chi connectivity index (χ1) is 6.60. The van der Waals surface area contributed by atoms with Crippen LogP contribution in [0.15, 0.2) is 12.1 Å². The minimum absolute atomic E-state index is 0.0578. The predicted molar refractivity (Wildman–Crippen MR) is 64.3 cm³/mol. The molecule has 0 amide bonds. The summed E-state index contributed by atoms with van der Waals surface area (Å²) in [5.74, 6) is -0.208. The van der Waals surface area contributed by atoms with Gasteiger partial charge in [0.25, 0.3) is 0 Å². The summed E-state index contributed by atoms with van der Waals surface area (Å²) in [4.78, 5) is 22.1. The zero-order chi connectivity index (χ0) is 10.7. The molecular weight excluding hydrogens is 314 g/mol. The molecular formula is C10H8ClIO2. The predicted octanol–water partition coefficient (Wildman–Crippen LogP) is 2.83. The monoisotopic (exact) mass is 322 g/mol. The largest absolute Gasteiger partial charge is 0.298 e. The molecule has 2 nitrogen and oxygen atoms in total. The Morgan fingerprint density at radius 3 is 2.71 bits per heavy atom. The number of hydrogen-bond donors (Lipinski definition) is 0. The number of aldehydes is 1. The van der Waals surface area contributed by atoms with Crippen molar-refractivity contribution in [2.45, 2.75) is 6.92 Å². The van der Waals surface area contributed by atoms with Gasteiger partial charge in [0, 0.05) is 14.7 Å². The number of aryl methyl sites for hydroxylation is 1. The van der Waals surface area contributed by atoms with Gasteiger partial charge in [0.15, 0.2) is 12.1 Å². The molecule has 4 heteroatoms. The minimum Gasteiger partial charge on any atom is -0.298 e. The van der Waals surface area contributed by atoms with Crippen molar-refractivity contribution < 1.29 is 9.59 Å². The van der Waals surface area contributed by atoms with Gasteiger partial charge in [-0.15, -0.1) is 11.6 Å². The molecule has 0 fully saturated rings. The second-order valence-corrected chi connectivity index (χ2v) is 4.24. The second kappa shape index (κ2) is 4.89. The van der Waals surface area contributed by atoms with Gasteiger partial charge in [0.2, 0.25) is 0 Å². The van der Waals surface area contributed by atoms with E-state index in [1.807, 2.05) is 29.5 Å². The Morgan fingerprint density at radius 2 is 2.21 bits per heavy atom. The summed E-state index contributed by atoms with van der Waals surface area (Å²) >= 11 is 7.45. The number of benzene rings is 1. The van der Waals surface area contributed by atoms with Crippen LogP contribution in [0.25, 0.3) is 0 Å². The van der Waals surface area contributed by atoms with Crippen LogP contribution in [-0.4, -0.2) is 17.9 Å². The number of Topliss-reactive ketones (excluding diaryl/α,β-unsaturated/α-hetero) is 1. The fraction of sp³-hybridized carbons (Fsp3) is 0.200. The van der Waals surface area contributed by atoms with E-state index in [1.165, 1.54) is 0 Å². The van der Waals surface area contributed by atoms with E-state index in [2.05, 4.69) is 0 Å². The van der Waals surface area contributed by atoms with Gasteiger partial charge in [0.05, 0.1) is 5.88 Å². The van der Waals surface area contributed by atoms with Crippen molar-refractivity contribution in [3.63, 3.8) is 0 Å². The maximum Gasteiger partial charge on any atom is 0.178 e. The Morgan fingerprint density at radius 1 is 1.57 bits per heavy atom. The molecule has 0 N–H and O–H groups in total. The molecule has 1 aromatic carbocycles. The van der Waals surface area contributed by atoms with Crippen molar-refractivity contribution in [3.8, 4) is 0 Å². The van der Waals surface area contributed by atoms with Crippen molar-refractivity contribution in [1.82, 2.24) is 0 Å². The number of rotatable bonds is 3. The molecule has 0 aliphatic heterocycles. The molecule has 0 unspecified atom stereocenters. The molecule has 0 aromatic heterocycles. The Hall–Kier alpha value is -0.420. The molecule has 0 heterocycles. The standard InChI is InChI=1S/C10H8ClIO2/c1-6-2-7(5-13)10(12)8(3-6)9(14)4-11/h2-3,5H,4H2,1H3. The van der Waals surface area contributed by atoms with Gasteiger partial charge in [-0.3, -0.25) is 9.59 Å². The molecule has 0 saturated heterocycles. The van der Waals surface area contributed by atoms with Gasteiger partial charge in [-0.2, -0.15) is 0 Å². The number of hydrogen-bond acceptors (Lipinski definition) is 2. The lowest BCUT2D eigenvalue weighted by molar-refractivity contribution is 0.102. The summed E-state index contributed by atoms with van der Waals surface area (Å²) < 4.78 is 0.675. The normalized spacial score (nSPS) is 9.93. The van der Waals surface area contributed by atoms with Gasteiger partial charge >= 0.3 is 0 Å². The van der Waals surface area contributed by atoms with E-state index in [1.54, 1.807) is 12.1 Å². The van der Waals surface area contributed by atoms with Crippen LogP contribution in [0.3, 0.4) is 0 Å². The van der Waals surface area contributed by atoms with Gasteiger partial charge in [0.1, 0.15) is 0 Å². The summed E-state index contributed by atoms with van der Waals surface area (Å²) in [5, 5.41) is 0. The molecule has 0 radical (unpaired) electrons.